The van der Waals surface area contributed by atoms with E-state index < -0.39 is 5.82 Å². The van der Waals surface area contributed by atoms with Gasteiger partial charge in [-0.25, -0.2) is 4.39 Å². The first-order chi connectivity index (χ1) is 10.1. The Morgan fingerprint density at radius 2 is 1.81 bits per heavy atom. The number of amidine groups is 1. The Kier molecular flexibility index (Phi) is 4.77. The van der Waals surface area contributed by atoms with Gasteiger partial charge in [0.2, 0.25) is 0 Å². The van der Waals surface area contributed by atoms with Crippen molar-refractivity contribution in [2.24, 2.45) is 5.73 Å². The Bertz CT molecular complexity index is 644. The fraction of sp³-hybridized carbons (Fsp3) is 0.188. The number of hydrogen-bond donors (Lipinski definition) is 2. The predicted octanol–water partition coefficient (Wildman–Crippen LogP) is 3.09. The van der Waals surface area contributed by atoms with Crippen LogP contribution in [0.3, 0.4) is 0 Å². The second-order valence-electron chi connectivity index (χ2n) is 4.39. The fourth-order valence-corrected chi connectivity index (χ4v) is 1.83. The molecule has 2 rings (SSSR count). The Balaban J connectivity index is 2.11. The predicted molar refractivity (Wildman–Crippen MR) is 79.4 cm³/mol. The summed E-state index contributed by atoms with van der Waals surface area (Å²) in [5.74, 6) is 0.579. The highest BCUT2D eigenvalue weighted by molar-refractivity contribution is 5.94. The van der Waals surface area contributed by atoms with Crippen molar-refractivity contribution in [2.45, 2.75) is 13.5 Å². The van der Waals surface area contributed by atoms with Crippen LogP contribution in [0.25, 0.3) is 0 Å². The van der Waals surface area contributed by atoms with Crippen molar-refractivity contribution in [3.05, 3.63) is 59.4 Å². The van der Waals surface area contributed by atoms with E-state index in [0.29, 0.717) is 29.2 Å². The van der Waals surface area contributed by atoms with E-state index in [1.807, 2.05) is 19.1 Å². The van der Waals surface area contributed by atoms with E-state index in [0.717, 1.165) is 0 Å². The van der Waals surface area contributed by atoms with Gasteiger partial charge in [-0.15, -0.1) is 0 Å². The Hall–Kier alpha value is -2.56. The van der Waals surface area contributed by atoms with Crippen LogP contribution in [0.15, 0.2) is 42.5 Å². The summed E-state index contributed by atoms with van der Waals surface area (Å²) in [6, 6.07) is 11.6. The first kappa shape index (κ1) is 14.8. The van der Waals surface area contributed by atoms with Crippen LogP contribution >= 0.6 is 0 Å². The molecule has 4 nitrogen and oxygen atoms in total. The molecule has 0 heterocycles. The average Bonchev–Trinajstić information content (AvgIpc) is 2.47. The first-order valence-electron chi connectivity index (χ1n) is 6.59. The summed E-state index contributed by atoms with van der Waals surface area (Å²) in [6.45, 7) is 2.49. The highest BCUT2D eigenvalue weighted by Crippen LogP contribution is 2.27. The van der Waals surface area contributed by atoms with Crippen molar-refractivity contribution in [3.63, 3.8) is 0 Å². The topological polar surface area (TPSA) is 68.3 Å². The highest BCUT2D eigenvalue weighted by atomic mass is 19.1. The fourth-order valence-electron chi connectivity index (χ4n) is 1.83. The maximum absolute atomic E-state index is 13.9. The first-order valence-corrected chi connectivity index (χ1v) is 6.59. The number of rotatable bonds is 6. The largest absolute Gasteiger partial charge is 0.490 e. The standard InChI is InChI=1S/C16H17FN2O2/c1-2-20-14-5-3-4-6-15(14)21-10-12-8-7-11(16(18)19)9-13(12)17/h3-9H,2,10H2,1H3,(H3,18,19). The zero-order valence-electron chi connectivity index (χ0n) is 11.7. The average molecular weight is 288 g/mol. The van der Waals surface area contributed by atoms with Gasteiger partial charge in [0.15, 0.2) is 11.5 Å². The van der Waals surface area contributed by atoms with Gasteiger partial charge in [0.05, 0.1) is 6.61 Å². The van der Waals surface area contributed by atoms with Gasteiger partial charge in [-0.05, 0) is 25.1 Å². The molecule has 3 N–H and O–H groups in total. The summed E-state index contributed by atoms with van der Waals surface area (Å²) in [5, 5.41) is 7.28. The monoisotopic (exact) mass is 288 g/mol. The Morgan fingerprint density at radius 1 is 1.14 bits per heavy atom. The van der Waals surface area contributed by atoms with Gasteiger partial charge in [0, 0.05) is 11.1 Å². The van der Waals surface area contributed by atoms with Crippen LogP contribution in [0.4, 0.5) is 4.39 Å². The summed E-state index contributed by atoms with van der Waals surface area (Å²) in [5.41, 5.74) is 6.07. The van der Waals surface area contributed by atoms with Gasteiger partial charge < -0.3 is 15.2 Å². The van der Waals surface area contributed by atoms with Crippen LogP contribution in [0, 0.1) is 11.2 Å². The molecule has 0 aromatic heterocycles. The minimum absolute atomic E-state index is 0.0775. The van der Waals surface area contributed by atoms with Gasteiger partial charge in [-0.2, -0.15) is 0 Å². The normalized spacial score (nSPS) is 10.2. The lowest BCUT2D eigenvalue weighted by Gasteiger charge is -2.12. The molecule has 21 heavy (non-hydrogen) atoms. The van der Waals surface area contributed by atoms with Gasteiger partial charge in [0.1, 0.15) is 18.3 Å². The highest BCUT2D eigenvalue weighted by Gasteiger charge is 2.08. The number of halogens is 1. The molecule has 0 spiro atoms. The Labute approximate surface area is 122 Å². The number of nitrogens with two attached hydrogens (primary N) is 1. The van der Waals surface area contributed by atoms with Crippen LogP contribution in [0.2, 0.25) is 0 Å². The van der Waals surface area contributed by atoms with Crippen molar-refractivity contribution >= 4 is 5.84 Å². The molecular weight excluding hydrogens is 271 g/mol. The van der Waals surface area contributed by atoms with Gasteiger partial charge in [-0.3, -0.25) is 5.41 Å². The summed E-state index contributed by atoms with van der Waals surface area (Å²) >= 11 is 0. The number of nitrogen functional groups attached to an aromatic ring is 1. The molecule has 110 valence electrons. The van der Waals surface area contributed by atoms with E-state index in [2.05, 4.69) is 0 Å². The maximum Gasteiger partial charge on any atom is 0.161 e. The second-order valence-corrected chi connectivity index (χ2v) is 4.39. The van der Waals surface area contributed by atoms with Gasteiger partial charge in [0.25, 0.3) is 0 Å². The van der Waals surface area contributed by atoms with E-state index in [9.17, 15) is 4.39 Å². The third-order valence-corrected chi connectivity index (χ3v) is 2.90. The summed E-state index contributed by atoms with van der Waals surface area (Å²) in [7, 11) is 0. The lowest BCUT2D eigenvalue weighted by molar-refractivity contribution is 0.266. The molecule has 0 saturated heterocycles. The third-order valence-electron chi connectivity index (χ3n) is 2.90. The molecule has 0 saturated carbocycles. The maximum atomic E-state index is 13.9. The molecular formula is C16H17FN2O2. The van der Waals surface area contributed by atoms with Gasteiger partial charge >= 0.3 is 0 Å². The van der Waals surface area contributed by atoms with Crippen LogP contribution in [0.5, 0.6) is 11.5 Å². The molecule has 2 aromatic rings. The minimum atomic E-state index is -0.448. The molecule has 0 amide bonds. The smallest absolute Gasteiger partial charge is 0.161 e. The van der Waals surface area contributed by atoms with Crippen molar-refractivity contribution in [3.8, 4) is 11.5 Å². The van der Waals surface area contributed by atoms with Crippen molar-refractivity contribution in [1.29, 1.82) is 5.41 Å². The Morgan fingerprint density at radius 3 is 2.38 bits per heavy atom. The lowest BCUT2D eigenvalue weighted by Crippen LogP contribution is -2.12. The van der Waals surface area contributed by atoms with E-state index in [-0.39, 0.29) is 12.4 Å². The number of hydrogen-bond acceptors (Lipinski definition) is 3. The summed E-state index contributed by atoms with van der Waals surface area (Å²) in [4.78, 5) is 0. The van der Waals surface area contributed by atoms with E-state index in [1.165, 1.54) is 6.07 Å². The molecule has 0 fully saturated rings. The van der Waals surface area contributed by atoms with Crippen molar-refractivity contribution < 1.29 is 13.9 Å². The van der Waals surface area contributed by atoms with Crippen molar-refractivity contribution in [1.82, 2.24) is 0 Å². The minimum Gasteiger partial charge on any atom is -0.490 e. The van der Waals surface area contributed by atoms with E-state index in [4.69, 9.17) is 20.6 Å². The number of benzene rings is 2. The number of ether oxygens (including phenoxy) is 2. The van der Waals surface area contributed by atoms with Crippen LogP contribution in [-0.2, 0) is 6.61 Å². The number of para-hydroxylation sites is 2. The molecule has 0 aliphatic heterocycles. The van der Waals surface area contributed by atoms with Crippen molar-refractivity contribution in [2.75, 3.05) is 6.61 Å². The van der Waals surface area contributed by atoms with Crippen LogP contribution in [-0.4, -0.2) is 12.4 Å². The van der Waals surface area contributed by atoms with E-state index in [1.54, 1.807) is 24.3 Å². The third kappa shape index (κ3) is 3.72. The molecule has 0 bridgehead atoms. The van der Waals surface area contributed by atoms with Crippen LogP contribution in [0.1, 0.15) is 18.1 Å². The summed E-state index contributed by atoms with van der Waals surface area (Å²) in [6.07, 6.45) is 0. The van der Waals surface area contributed by atoms with Crippen LogP contribution < -0.4 is 15.2 Å². The molecule has 0 radical (unpaired) electrons. The molecule has 0 atom stereocenters. The number of nitrogens with one attached hydrogen (secondary N) is 1. The molecule has 2 aromatic carbocycles. The molecule has 5 heteroatoms. The SMILES string of the molecule is CCOc1ccccc1OCc1ccc(C(=N)N)cc1F. The van der Waals surface area contributed by atoms with Gasteiger partial charge in [-0.1, -0.05) is 24.3 Å². The molecule has 0 aliphatic carbocycles. The molecule has 0 unspecified atom stereocenters. The molecule has 0 aliphatic rings. The summed E-state index contributed by atoms with van der Waals surface area (Å²) < 4.78 is 24.9. The quantitative estimate of drug-likeness (QED) is 0.634. The second kappa shape index (κ2) is 6.74. The zero-order valence-corrected chi connectivity index (χ0v) is 11.7. The van der Waals surface area contributed by atoms with E-state index >= 15 is 0 Å². The zero-order chi connectivity index (χ0) is 15.2. The lowest BCUT2D eigenvalue weighted by atomic mass is 10.1.